The molecule has 1 fully saturated rings. The van der Waals surface area contributed by atoms with Crippen LogP contribution in [-0.2, 0) is 0 Å². The number of aliphatic hydroxyl groups is 1. The summed E-state index contributed by atoms with van der Waals surface area (Å²) in [6.07, 6.45) is 1.76. The standard InChI is InChI=1S/C11H14ClNO2S/c12-9-3-6-16-10(9)11(15)13-4-1-8(7-13)2-5-14/h3,6,8,14H,1-2,4-5,7H2. The number of likely N-dealkylation sites (tertiary alicyclic amines) is 1. The maximum absolute atomic E-state index is 12.1. The maximum atomic E-state index is 12.1. The number of carbonyl (C=O) groups excluding carboxylic acids is 1. The van der Waals surface area contributed by atoms with Crippen LogP contribution in [0.1, 0.15) is 22.5 Å². The summed E-state index contributed by atoms with van der Waals surface area (Å²) < 4.78 is 0. The molecule has 1 N–H and O–H groups in total. The molecule has 1 aliphatic rings. The molecule has 2 rings (SSSR count). The number of carbonyl (C=O) groups is 1. The third-order valence-electron chi connectivity index (χ3n) is 2.92. The molecule has 2 heterocycles. The summed E-state index contributed by atoms with van der Waals surface area (Å²) in [5.74, 6) is 0.466. The van der Waals surface area contributed by atoms with Crippen LogP contribution in [0.15, 0.2) is 11.4 Å². The number of nitrogens with zero attached hydrogens (tertiary/aromatic N) is 1. The van der Waals surface area contributed by atoms with Gasteiger partial charge in [0.05, 0.1) is 5.02 Å². The molecule has 16 heavy (non-hydrogen) atoms. The van der Waals surface area contributed by atoms with E-state index in [9.17, 15) is 4.79 Å². The van der Waals surface area contributed by atoms with Crippen molar-refractivity contribution in [3.8, 4) is 0 Å². The molecule has 1 amide bonds. The molecule has 0 spiro atoms. The Morgan fingerprint density at radius 3 is 3.12 bits per heavy atom. The average molecular weight is 260 g/mol. The summed E-state index contributed by atoms with van der Waals surface area (Å²) in [6, 6.07) is 1.75. The Hall–Kier alpha value is -0.580. The highest BCUT2D eigenvalue weighted by Gasteiger charge is 2.28. The minimum absolute atomic E-state index is 0.0282. The predicted octanol–water partition coefficient (Wildman–Crippen LogP) is 2.25. The molecule has 1 aliphatic heterocycles. The van der Waals surface area contributed by atoms with E-state index in [-0.39, 0.29) is 12.5 Å². The second kappa shape index (κ2) is 5.17. The molecule has 0 saturated carbocycles. The van der Waals surface area contributed by atoms with Crippen molar-refractivity contribution < 1.29 is 9.90 Å². The highest BCUT2D eigenvalue weighted by atomic mass is 35.5. The first-order valence-corrected chi connectivity index (χ1v) is 6.61. The second-order valence-electron chi connectivity index (χ2n) is 4.02. The summed E-state index contributed by atoms with van der Waals surface area (Å²) >= 11 is 7.32. The fourth-order valence-electron chi connectivity index (χ4n) is 2.03. The van der Waals surface area contributed by atoms with Crippen LogP contribution in [-0.4, -0.2) is 35.6 Å². The van der Waals surface area contributed by atoms with E-state index in [4.69, 9.17) is 16.7 Å². The van der Waals surface area contributed by atoms with Crippen LogP contribution in [0.5, 0.6) is 0 Å². The van der Waals surface area contributed by atoms with Gasteiger partial charge in [0.15, 0.2) is 0 Å². The molecule has 88 valence electrons. The van der Waals surface area contributed by atoms with Gasteiger partial charge in [-0.15, -0.1) is 11.3 Å². The fourth-order valence-corrected chi connectivity index (χ4v) is 3.13. The Labute approximate surface area is 104 Å². The lowest BCUT2D eigenvalue weighted by Crippen LogP contribution is -2.28. The summed E-state index contributed by atoms with van der Waals surface area (Å²) in [7, 11) is 0. The van der Waals surface area contributed by atoms with Gasteiger partial charge in [-0.3, -0.25) is 4.79 Å². The SMILES string of the molecule is O=C(c1sccc1Cl)N1CCC(CCO)C1. The first-order valence-electron chi connectivity index (χ1n) is 5.35. The molecule has 0 bridgehead atoms. The number of rotatable bonds is 3. The highest BCUT2D eigenvalue weighted by Crippen LogP contribution is 2.27. The highest BCUT2D eigenvalue weighted by molar-refractivity contribution is 7.12. The van der Waals surface area contributed by atoms with Gasteiger partial charge in [-0.2, -0.15) is 0 Å². The number of thiophene rings is 1. The van der Waals surface area contributed by atoms with Gasteiger partial charge in [-0.05, 0) is 30.2 Å². The molecule has 1 atom stereocenters. The van der Waals surface area contributed by atoms with E-state index >= 15 is 0 Å². The number of halogens is 1. The zero-order chi connectivity index (χ0) is 11.5. The van der Waals surface area contributed by atoms with Crippen molar-refractivity contribution in [2.24, 2.45) is 5.92 Å². The van der Waals surface area contributed by atoms with E-state index in [0.29, 0.717) is 15.8 Å². The van der Waals surface area contributed by atoms with E-state index in [2.05, 4.69) is 0 Å². The number of hydrogen-bond acceptors (Lipinski definition) is 3. The fraction of sp³-hybridized carbons (Fsp3) is 0.545. The van der Waals surface area contributed by atoms with Gasteiger partial charge in [0.2, 0.25) is 0 Å². The van der Waals surface area contributed by atoms with Crippen LogP contribution in [0, 0.1) is 5.92 Å². The van der Waals surface area contributed by atoms with Crippen LogP contribution in [0.3, 0.4) is 0 Å². The molecule has 5 heteroatoms. The molecule has 0 aliphatic carbocycles. The van der Waals surface area contributed by atoms with E-state index in [1.165, 1.54) is 11.3 Å². The van der Waals surface area contributed by atoms with Crippen LogP contribution in [0.4, 0.5) is 0 Å². The molecule has 0 aromatic carbocycles. The normalized spacial score (nSPS) is 20.4. The lowest BCUT2D eigenvalue weighted by atomic mass is 10.1. The Balaban J connectivity index is 2.00. The van der Waals surface area contributed by atoms with Crippen molar-refractivity contribution in [3.05, 3.63) is 21.3 Å². The smallest absolute Gasteiger partial charge is 0.265 e. The van der Waals surface area contributed by atoms with Crippen LogP contribution >= 0.6 is 22.9 Å². The molecular weight excluding hydrogens is 246 g/mol. The van der Waals surface area contributed by atoms with E-state index in [0.717, 1.165) is 25.9 Å². The van der Waals surface area contributed by atoms with E-state index in [1.807, 2.05) is 10.3 Å². The first-order chi connectivity index (χ1) is 7.72. The van der Waals surface area contributed by atoms with E-state index < -0.39 is 0 Å². The lowest BCUT2D eigenvalue weighted by molar-refractivity contribution is 0.0789. The zero-order valence-corrected chi connectivity index (χ0v) is 10.4. The molecular formula is C11H14ClNO2S. The Kier molecular flexibility index (Phi) is 3.84. The van der Waals surface area contributed by atoms with Gasteiger partial charge >= 0.3 is 0 Å². The molecule has 1 saturated heterocycles. The quantitative estimate of drug-likeness (QED) is 0.905. The van der Waals surface area contributed by atoms with Crippen LogP contribution in [0.2, 0.25) is 5.02 Å². The summed E-state index contributed by atoms with van der Waals surface area (Å²) in [6.45, 7) is 1.72. The average Bonchev–Trinajstić information content (AvgIpc) is 2.87. The van der Waals surface area contributed by atoms with E-state index in [1.54, 1.807) is 6.07 Å². The van der Waals surface area contributed by atoms with Gasteiger partial charge in [-0.25, -0.2) is 0 Å². The van der Waals surface area contributed by atoms with Crippen molar-refractivity contribution in [2.45, 2.75) is 12.8 Å². The number of amides is 1. The summed E-state index contributed by atoms with van der Waals surface area (Å²) in [4.78, 5) is 14.5. The third-order valence-corrected chi connectivity index (χ3v) is 4.25. The molecule has 1 unspecified atom stereocenters. The Morgan fingerprint density at radius 1 is 1.69 bits per heavy atom. The molecule has 0 radical (unpaired) electrons. The minimum atomic E-state index is 0.0282. The molecule has 1 aromatic heterocycles. The van der Waals surface area contributed by atoms with Crippen molar-refractivity contribution in [1.29, 1.82) is 0 Å². The predicted molar refractivity (Wildman–Crippen MR) is 65.0 cm³/mol. The summed E-state index contributed by atoms with van der Waals surface area (Å²) in [5, 5.41) is 11.2. The van der Waals surface area contributed by atoms with Gasteiger partial charge in [-0.1, -0.05) is 11.6 Å². The second-order valence-corrected chi connectivity index (χ2v) is 5.34. The number of hydrogen-bond donors (Lipinski definition) is 1. The summed E-state index contributed by atoms with van der Waals surface area (Å²) in [5.41, 5.74) is 0. The van der Waals surface area contributed by atoms with Crippen LogP contribution in [0.25, 0.3) is 0 Å². The topological polar surface area (TPSA) is 40.5 Å². The monoisotopic (exact) mass is 259 g/mol. The van der Waals surface area contributed by atoms with Gasteiger partial charge < -0.3 is 10.0 Å². The van der Waals surface area contributed by atoms with Gasteiger partial charge in [0.25, 0.3) is 5.91 Å². The first kappa shape index (κ1) is 11.9. The van der Waals surface area contributed by atoms with Crippen molar-refractivity contribution in [3.63, 3.8) is 0 Å². The Bertz CT molecular complexity index is 380. The molecule has 1 aromatic rings. The third kappa shape index (κ3) is 2.39. The van der Waals surface area contributed by atoms with Crippen molar-refractivity contribution >= 4 is 28.8 Å². The zero-order valence-electron chi connectivity index (χ0n) is 8.86. The van der Waals surface area contributed by atoms with Gasteiger partial charge in [0.1, 0.15) is 4.88 Å². The van der Waals surface area contributed by atoms with Crippen LogP contribution < -0.4 is 0 Å². The van der Waals surface area contributed by atoms with Crippen molar-refractivity contribution in [2.75, 3.05) is 19.7 Å². The maximum Gasteiger partial charge on any atom is 0.265 e. The largest absolute Gasteiger partial charge is 0.396 e. The lowest BCUT2D eigenvalue weighted by Gasteiger charge is -2.15. The molecule has 3 nitrogen and oxygen atoms in total. The van der Waals surface area contributed by atoms with Gasteiger partial charge in [0, 0.05) is 19.7 Å². The number of aliphatic hydroxyl groups excluding tert-OH is 1. The Morgan fingerprint density at radius 2 is 2.50 bits per heavy atom. The minimum Gasteiger partial charge on any atom is -0.396 e. The van der Waals surface area contributed by atoms with Crippen molar-refractivity contribution in [1.82, 2.24) is 4.90 Å².